The molecule has 8 heteroatoms. The predicted octanol–water partition coefficient (Wildman–Crippen LogP) is 2.97. The van der Waals surface area contributed by atoms with Gasteiger partial charge in [-0.3, -0.25) is 9.78 Å². The smallest absolute Gasteiger partial charge is 0.340 e. The van der Waals surface area contributed by atoms with E-state index in [1.165, 1.54) is 37.6 Å². The lowest BCUT2D eigenvalue weighted by Crippen LogP contribution is -2.30. The van der Waals surface area contributed by atoms with E-state index in [2.05, 4.69) is 15.3 Å². The molecule has 1 atom stereocenters. The van der Waals surface area contributed by atoms with Gasteiger partial charge in [-0.15, -0.1) is 0 Å². The van der Waals surface area contributed by atoms with E-state index in [0.717, 1.165) is 0 Å². The van der Waals surface area contributed by atoms with Crippen molar-refractivity contribution >= 4 is 40.9 Å². The summed E-state index contributed by atoms with van der Waals surface area (Å²) in [5, 5.41) is 2.99. The molecule has 0 radical (unpaired) electrons. The molecule has 0 aliphatic heterocycles. The second-order valence-corrected chi connectivity index (χ2v) is 5.11. The Balaban J connectivity index is 1.99. The average Bonchev–Trinajstić information content (AvgIpc) is 2.50. The zero-order valence-electron chi connectivity index (χ0n) is 11.4. The molecule has 2 heterocycles. The molecule has 0 aromatic carbocycles. The van der Waals surface area contributed by atoms with Crippen molar-refractivity contribution in [3.8, 4) is 0 Å². The first-order chi connectivity index (χ1) is 10.5. The number of nitrogens with one attached hydrogen (secondary N) is 1. The molecule has 0 spiro atoms. The highest BCUT2D eigenvalue weighted by atomic mass is 35.5. The Morgan fingerprint density at radius 3 is 2.73 bits per heavy atom. The average molecular weight is 340 g/mol. The topological polar surface area (TPSA) is 81.2 Å². The normalized spacial score (nSPS) is 11.6. The highest BCUT2D eigenvalue weighted by Gasteiger charge is 2.20. The van der Waals surface area contributed by atoms with E-state index in [1.54, 1.807) is 6.07 Å². The van der Waals surface area contributed by atoms with Gasteiger partial charge in [-0.2, -0.15) is 0 Å². The van der Waals surface area contributed by atoms with Crippen LogP contribution in [0.4, 0.5) is 5.82 Å². The summed E-state index contributed by atoms with van der Waals surface area (Å²) in [6.45, 7) is 1.44. The lowest BCUT2D eigenvalue weighted by atomic mass is 10.3. The molecule has 1 amide bonds. The molecule has 22 heavy (non-hydrogen) atoms. The van der Waals surface area contributed by atoms with Crippen molar-refractivity contribution in [1.29, 1.82) is 0 Å². The third-order valence-corrected chi connectivity index (χ3v) is 3.09. The minimum absolute atomic E-state index is 0.139. The van der Waals surface area contributed by atoms with Crippen LogP contribution in [0.15, 0.2) is 36.8 Å². The zero-order valence-corrected chi connectivity index (χ0v) is 12.9. The molecule has 2 rings (SSSR count). The molecule has 114 valence electrons. The van der Waals surface area contributed by atoms with Gasteiger partial charge >= 0.3 is 5.97 Å². The Bertz CT molecular complexity index is 695. The maximum absolute atomic E-state index is 12.0. The standard InChI is InChI=1S/C14H11Cl2N3O3/c1-8(22-14(21)9-3-2-4-17-6-9)13(20)19-12-11(16)5-10(15)7-18-12/h2-8H,1H3,(H,18,19,20). The van der Waals surface area contributed by atoms with Crippen LogP contribution >= 0.6 is 23.2 Å². The summed E-state index contributed by atoms with van der Waals surface area (Å²) in [5.41, 5.74) is 0.254. The van der Waals surface area contributed by atoms with Crippen LogP contribution in [0.25, 0.3) is 0 Å². The van der Waals surface area contributed by atoms with Crippen molar-refractivity contribution in [3.05, 3.63) is 52.4 Å². The minimum atomic E-state index is -1.03. The van der Waals surface area contributed by atoms with Gasteiger partial charge in [0.15, 0.2) is 11.9 Å². The lowest BCUT2D eigenvalue weighted by Gasteiger charge is -2.13. The molecule has 2 aromatic heterocycles. The summed E-state index contributed by atoms with van der Waals surface area (Å²) in [7, 11) is 0. The molecule has 0 saturated heterocycles. The van der Waals surface area contributed by atoms with Gasteiger partial charge in [-0.05, 0) is 25.1 Å². The lowest BCUT2D eigenvalue weighted by molar-refractivity contribution is -0.123. The number of carbonyl (C=O) groups excluding carboxylic acids is 2. The van der Waals surface area contributed by atoms with Crippen molar-refractivity contribution < 1.29 is 14.3 Å². The monoisotopic (exact) mass is 339 g/mol. The van der Waals surface area contributed by atoms with Gasteiger partial charge in [0, 0.05) is 18.6 Å². The highest BCUT2D eigenvalue weighted by molar-refractivity contribution is 6.36. The zero-order chi connectivity index (χ0) is 16.1. The fourth-order valence-corrected chi connectivity index (χ4v) is 1.92. The van der Waals surface area contributed by atoms with E-state index in [1.807, 2.05) is 0 Å². The minimum Gasteiger partial charge on any atom is -0.449 e. The van der Waals surface area contributed by atoms with Gasteiger partial charge in [0.1, 0.15) is 0 Å². The molecule has 0 bridgehead atoms. The molecular weight excluding hydrogens is 329 g/mol. The van der Waals surface area contributed by atoms with Crippen LogP contribution in [0, 0.1) is 0 Å². The SMILES string of the molecule is CC(OC(=O)c1cccnc1)C(=O)Nc1ncc(Cl)cc1Cl. The van der Waals surface area contributed by atoms with Crippen LogP contribution in [0.5, 0.6) is 0 Å². The van der Waals surface area contributed by atoms with Crippen LogP contribution in [-0.2, 0) is 9.53 Å². The molecule has 0 aliphatic carbocycles. The number of pyridine rings is 2. The highest BCUT2D eigenvalue weighted by Crippen LogP contribution is 2.22. The summed E-state index contributed by atoms with van der Waals surface area (Å²) in [6.07, 6.45) is 3.20. The van der Waals surface area contributed by atoms with Gasteiger partial charge < -0.3 is 10.1 Å². The number of esters is 1. The van der Waals surface area contributed by atoms with Gasteiger partial charge in [-0.1, -0.05) is 23.2 Å². The first-order valence-corrected chi connectivity index (χ1v) is 6.96. The summed E-state index contributed by atoms with van der Waals surface area (Å²) < 4.78 is 5.05. The fraction of sp³-hybridized carbons (Fsp3) is 0.143. The number of anilines is 1. The fourth-order valence-electron chi connectivity index (χ4n) is 1.49. The summed E-state index contributed by atoms with van der Waals surface area (Å²) in [5.74, 6) is -1.07. The number of aromatic nitrogens is 2. The summed E-state index contributed by atoms with van der Waals surface area (Å²) in [6, 6.07) is 4.58. The second-order valence-electron chi connectivity index (χ2n) is 4.26. The number of amides is 1. The molecule has 1 unspecified atom stereocenters. The number of hydrogen-bond acceptors (Lipinski definition) is 5. The number of halogens is 2. The predicted molar refractivity (Wildman–Crippen MR) is 82.0 cm³/mol. The van der Waals surface area contributed by atoms with E-state index in [0.29, 0.717) is 5.02 Å². The van der Waals surface area contributed by atoms with Crippen molar-refractivity contribution in [2.75, 3.05) is 5.32 Å². The number of rotatable bonds is 4. The van der Waals surface area contributed by atoms with Gasteiger partial charge in [0.05, 0.1) is 15.6 Å². The Kier molecular flexibility index (Phi) is 5.30. The van der Waals surface area contributed by atoms with Gasteiger partial charge in [0.25, 0.3) is 5.91 Å². The van der Waals surface area contributed by atoms with Crippen molar-refractivity contribution in [2.45, 2.75) is 13.0 Å². The van der Waals surface area contributed by atoms with Crippen LogP contribution < -0.4 is 5.32 Å². The van der Waals surface area contributed by atoms with Crippen LogP contribution in [-0.4, -0.2) is 27.9 Å². The molecule has 1 N–H and O–H groups in total. The second kappa shape index (κ2) is 7.20. The number of hydrogen-bond donors (Lipinski definition) is 1. The van der Waals surface area contributed by atoms with E-state index in [-0.39, 0.29) is 16.4 Å². The van der Waals surface area contributed by atoms with E-state index in [4.69, 9.17) is 27.9 Å². The Labute approximate surface area is 136 Å². The number of carbonyl (C=O) groups is 2. The molecule has 0 saturated carbocycles. The van der Waals surface area contributed by atoms with Crippen molar-refractivity contribution in [3.63, 3.8) is 0 Å². The molecule has 0 fully saturated rings. The maximum atomic E-state index is 12.0. The first-order valence-electron chi connectivity index (χ1n) is 6.20. The van der Waals surface area contributed by atoms with Crippen LogP contribution in [0.3, 0.4) is 0 Å². The van der Waals surface area contributed by atoms with Crippen molar-refractivity contribution in [2.24, 2.45) is 0 Å². The Morgan fingerprint density at radius 1 is 1.32 bits per heavy atom. The molecule has 0 aliphatic rings. The number of ether oxygens (including phenoxy) is 1. The quantitative estimate of drug-likeness (QED) is 0.866. The third-order valence-electron chi connectivity index (χ3n) is 2.60. The van der Waals surface area contributed by atoms with E-state index in [9.17, 15) is 9.59 Å². The van der Waals surface area contributed by atoms with E-state index < -0.39 is 18.0 Å². The first kappa shape index (κ1) is 16.2. The van der Waals surface area contributed by atoms with Crippen molar-refractivity contribution in [1.82, 2.24) is 9.97 Å². The summed E-state index contributed by atoms with van der Waals surface area (Å²) >= 11 is 11.6. The third kappa shape index (κ3) is 4.16. The Morgan fingerprint density at radius 2 is 2.09 bits per heavy atom. The van der Waals surface area contributed by atoms with Gasteiger partial charge in [-0.25, -0.2) is 9.78 Å². The maximum Gasteiger partial charge on any atom is 0.340 e. The number of nitrogens with zero attached hydrogens (tertiary/aromatic N) is 2. The molecule has 2 aromatic rings. The Hall–Kier alpha value is -2.18. The van der Waals surface area contributed by atoms with Gasteiger partial charge in [0.2, 0.25) is 0 Å². The van der Waals surface area contributed by atoms with E-state index >= 15 is 0 Å². The largest absolute Gasteiger partial charge is 0.449 e. The molecule has 6 nitrogen and oxygen atoms in total. The molecular formula is C14H11Cl2N3O3. The van der Waals surface area contributed by atoms with Crippen LogP contribution in [0.1, 0.15) is 17.3 Å². The van der Waals surface area contributed by atoms with Crippen LogP contribution in [0.2, 0.25) is 10.0 Å². The summed E-state index contributed by atoms with van der Waals surface area (Å²) in [4.78, 5) is 31.5.